The molecule has 1 saturated carbocycles. The molecule has 2 aromatic heterocycles. The first-order valence-electron chi connectivity index (χ1n) is 16.2. The van der Waals surface area contributed by atoms with E-state index < -0.39 is 0 Å². The molecule has 4 aromatic rings. The minimum Gasteiger partial charge on any atom is -0.383 e. The number of pyridine rings is 1. The van der Waals surface area contributed by atoms with Gasteiger partial charge in [0.05, 0.1) is 37.1 Å². The number of carbonyl (C=O) groups excluding carboxylic acids is 2. The number of amides is 2. The molecule has 6 rings (SSSR count). The number of nitrogens with one attached hydrogen (secondary N) is 1. The zero-order chi connectivity index (χ0) is 32.0. The smallest absolute Gasteiger partial charge is 0.255 e. The number of aryl methyl sites for hydroxylation is 1. The summed E-state index contributed by atoms with van der Waals surface area (Å²) in [6.07, 6.45) is 11.2. The van der Waals surface area contributed by atoms with Crippen LogP contribution in [0.1, 0.15) is 53.6 Å². The second-order valence-corrected chi connectivity index (χ2v) is 12.7. The number of carbonyl (C=O) groups is 2. The molecule has 46 heavy (non-hydrogen) atoms. The van der Waals surface area contributed by atoms with Gasteiger partial charge in [0.15, 0.2) is 0 Å². The van der Waals surface area contributed by atoms with Gasteiger partial charge in [0, 0.05) is 30.6 Å². The summed E-state index contributed by atoms with van der Waals surface area (Å²) in [6.45, 7) is 2.72. The SMILES string of the molecule is Cn1cc(-c2cnc(N)c(C(=O)N[C@H]3CCC[C@@H]3OCc3ccc(-c4ccc(CC5CCN(CC(N)=O)CC5)cc4)cc3)c2)cn1. The van der Waals surface area contributed by atoms with E-state index >= 15 is 0 Å². The van der Waals surface area contributed by atoms with Gasteiger partial charge in [-0.1, -0.05) is 48.5 Å². The van der Waals surface area contributed by atoms with Gasteiger partial charge in [-0.3, -0.25) is 19.2 Å². The lowest BCUT2D eigenvalue weighted by atomic mass is 9.89. The molecule has 2 amide bonds. The molecule has 2 aliphatic rings. The minimum atomic E-state index is -0.248. The molecule has 240 valence electrons. The second-order valence-electron chi connectivity index (χ2n) is 12.7. The van der Waals surface area contributed by atoms with Crippen LogP contribution in [0.15, 0.2) is 73.2 Å². The highest BCUT2D eigenvalue weighted by Gasteiger charge is 2.30. The fourth-order valence-corrected chi connectivity index (χ4v) is 6.65. The van der Waals surface area contributed by atoms with Gasteiger partial charge in [0.2, 0.25) is 5.91 Å². The third kappa shape index (κ3) is 7.81. The highest BCUT2D eigenvalue weighted by Crippen LogP contribution is 2.28. The highest BCUT2D eigenvalue weighted by molar-refractivity contribution is 5.99. The Morgan fingerprint density at radius 1 is 0.913 bits per heavy atom. The third-order valence-corrected chi connectivity index (χ3v) is 9.29. The number of hydrogen-bond donors (Lipinski definition) is 3. The van der Waals surface area contributed by atoms with Crippen molar-refractivity contribution in [1.82, 2.24) is 25.0 Å². The number of nitrogens with two attached hydrogens (primary N) is 2. The molecule has 1 aliphatic carbocycles. The molecule has 0 radical (unpaired) electrons. The van der Waals surface area contributed by atoms with Crippen LogP contribution in [0.3, 0.4) is 0 Å². The summed E-state index contributed by atoms with van der Waals surface area (Å²) in [5.74, 6) is 0.356. The number of piperidine rings is 1. The van der Waals surface area contributed by atoms with Gasteiger partial charge >= 0.3 is 0 Å². The lowest BCUT2D eigenvalue weighted by molar-refractivity contribution is -0.119. The number of ether oxygens (including phenoxy) is 1. The van der Waals surface area contributed by atoms with Crippen molar-refractivity contribution in [3.05, 3.63) is 89.9 Å². The average molecular weight is 622 g/mol. The number of primary amides is 1. The van der Waals surface area contributed by atoms with Gasteiger partial charge in [0.1, 0.15) is 5.82 Å². The number of hydrogen-bond acceptors (Lipinski definition) is 7. The Balaban J connectivity index is 0.993. The van der Waals surface area contributed by atoms with Gasteiger partial charge in [-0.05, 0) is 85.9 Å². The standard InChI is InChI=1S/C36H43N7O3/c1-42-21-30(20-40-42)29-18-31(35(38)39-19-29)36(45)41-32-3-2-4-33(32)46-23-26-7-11-28(12-8-26)27-9-5-24(6-10-27)17-25-13-15-43(16-14-25)22-34(37)44/h5-12,18-21,25,32-33H,2-4,13-17,22-23H2,1H3,(H2,37,44)(H2,38,39)(H,41,45)/t32-,33-/m0/s1. The molecular formula is C36H43N7O3. The summed E-state index contributed by atoms with van der Waals surface area (Å²) in [5, 5.41) is 7.36. The van der Waals surface area contributed by atoms with Gasteiger partial charge in [-0.25, -0.2) is 4.98 Å². The number of rotatable bonds is 11. The van der Waals surface area contributed by atoms with E-state index in [1.165, 1.54) is 16.7 Å². The first kappa shape index (κ1) is 31.4. The Morgan fingerprint density at radius 2 is 1.61 bits per heavy atom. The number of benzene rings is 2. The quantitative estimate of drug-likeness (QED) is 0.226. The fourth-order valence-electron chi connectivity index (χ4n) is 6.65. The van der Waals surface area contributed by atoms with Crippen molar-refractivity contribution in [2.45, 2.75) is 57.3 Å². The van der Waals surface area contributed by atoms with Crippen molar-refractivity contribution < 1.29 is 14.3 Å². The molecule has 1 aliphatic heterocycles. The van der Waals surface area contributed by atoms with Crippen molar-refractivity contribution in [2.24, 2.45) is 18.7 Å². The maximum atomic E-state index is 13.2. The van der Waals surface area contributed by atoms with E-state index in [1.807, 2.05) is 13.2 Å². The Labute approximate surface area is 270 Å². The van der Waals surface area contributed by atoms with Crippen LogP contribution in [0, 0.1) is 5.92 Å². The van der Waals surface area contributed by atoms with Crippen molar-refractivity contribution in [3.8, 4) is 22.3 Å². The molecule has 0 unspecified atom stereocenters. The van der Waals surface area contributed by atoms with E-state index in [0.717, 1.165) is 68.3 Å². The Bertz CT molecular complexity index is 1640. The average Bonchev–Trinajstić information content (AvgIpc) is 3.70. The molecule has 3 heterocycles. The van der Waals surface area contributed by atoms with Crippen molar-refractivity contribution in [2.75, 3.05) is 25.4 Å². The molecular weight excluding hydrogens is 578 g/mol. The fraction of sp³-hybridized carbons (Fsp3) is 0.389. The number of likely N-dealkylation sites (tertiary alicyclic amines) is 1. The van der Waals surface area contributed by atoms with Crippen LogP contribution in [0.2, 0.25) is 0 Å². The third-order valence-electron chi connectivity index (χ3n) is 9.29. The van der Waals surface area contributed by atoms with E-state index in [9.17, 15) is 9.59 Å². The number of aromatic nitrogens is 3. The monoisotopic (exact) mass is 621 g/mol. The summed E-state index contributed by atoms with van der Waals surface area (Å²) < 4.78 is 8.03. The van der Waals surface area contributed by atoms with Crippen LogP contribution >= 0.6 is 0 Å². The normalized spacial score (nSPS) is 18.9. The van der Waals surface area contributed by atoms with Crippen LogP contribution in [-0.4, -0.2) is 63.3 Å². The highest BCUT2D eigenvalue weighted by atomic mass is 16.5. The molecule has 5 N–H and O–H groups in total. The Hall–Kier alpha value is -4.54. The molecule has 0 spiro atoms. The molecule has 2 fully saturated rings. The molecule has 10 heteroatoms. The minimum absolute atomic E-state index is 0.0674. The van der Waals surface area contributed by atoms with Crippen molar-refractivity contribution in [3.63, 3.8) is 0 Å². The first-order valence-corrected chi connectivity index (χ1v) is 16.2. The maximum Gasteiger partial charge on any atom is 0.255 e. The van der Waals surface area contributed by atoms with Gasteiger partial charge in [-0.2, -0.15) is 5.10 Å². The summed E-state index contributed by atoms with van der Waals surface area (Å²) in [5.41, 5.74) is 18.3. The predicted molar refractivity (Wildman–Crippen MR) is 178 cm³/mol. The zero-order valence-corrected chi connectivity index (χ0v) is 26.4. The molecule has 2 aromatic carbocycles. The molecule has 10 nitrogen and oxygen atoms in total. The van der Waals surface area contributed by atoms with Crippen molar-refractivity contribution >= 4 is 17.6 Å². The van der Waals surface area contributed by atoms with E-state index in [-0.39, 0.29) is 29.8 Å². The Kier molecular flexibility index (Phi) is 9.75. The molecule has 1 saturated heterocycles. The number of nitrogen functional groups attached to an aromatic ring is 1. The topological polar surface area (TPSA) is 141 Å². The van der Waals surface area contributed by atoms with Crippen LogP contribution in [0.4, 0.5) is 5.82 Å². The summed E-state index contributed by atoms with van der Waals surface area (Å²) in [4.78, 5) is 30.8. The lowest BCUT2D eigenvalue weighted by Crippen LogP contribution is -2.41. The predicted octanol–water partition coefficient (Wildman–Crippen LogP) is 4.34. The summed E-state index contributed by atoms with van der Waals surface area (Å²) in [7, 11) is 1.85. The van der Waals surface area contributed by atoms with Crippen LogP contribution in [-0.2, 0) is 29.6 Å². The molecule has 0 bridgehead atoms. The maximum absolute atomic E-state index is 13.2. The van der Waals surface area contributed by atoms with E-state index in [4.69, 9.17) is 16.2 Å². The van der Waals surface area contributed by atoms with E-state index in [0.29, 0.717) is 24.6 Å². The van der Waals surface area contributed by atoms with Gasteiger partial charge in [0.25, 0.3) is 5.91 Å². The molecule has 2 atom stereocenters. The lowest BCUT2D eigenvalue weighted by Gasteiger charge is -2.31. The number of anilines is 1. The largest absolute Gasteiger partial charge is 0.383 e. The van der Waals surface area contributed by atoms with E-state index in [2.05, 4.69) is 68.8 Å². The number of nitrogens with zero attached hydrogens (tertiary/aromatic N) is 4. The Morgan fingerprint density at radius 3 is 2.26 bits per heavy atom. The van der Waals surface area contributed by atoms with Crippen LogP contribution < -0.4 is 16.8 Å². The van der Waals surface area contributed by atoms with Gasteiger partial charge < -0.3 is 21.5 Å². The summed E-state index contributed by atoms with van der Waals surface area (Å²) in [6, 6.07) is 19.0. The van der Waals surface area contributed by atoms with Crippen LogP contribution in [0.25, 0.3) is 22.3 Å². The zero-order valence-electron chi connectivity index (χ0n) is 26.4. The van der Waals surface area contributed by atoms with Crippen molar-refractivity contribution in [1.29, 1.82) is 0 Å². The van der Waals surface area contributed by atoms with E-state index in [1.54, 1.807) is 23.1 Å². The van der Waals surface area contributed by atoms with Crippen LogP contribution in [0.5, 0.6) is 0 Å². The first-order chi connectivity index (χ1) is 22.3. The second kappa shape index (κ2) is 14.3. The summed E-state index contributed by atoms with van der Waals surface area (Å²) >= 11 is 0. The van der Waals surface area contributed by atoms with Gasteiger partial charge in [-0.15, -0.1) is 0 Å².